The Bertz CT molecular complexity index is 1160. The zero-order valence-corrected chi connectivity index (χ0v) is 18.5. The quantitative estimate of drug-likeness (QED) is 0.458. The van der Waals surface area contributed by atoms with E-state index in [-0.39, 0.29) is 36.8 Å². The highest BCUT2D eigenvalue weighted by molar-refractivity contribution is 5.99. The fourth-order valence-corrected chi connectivity index (χ4v) is 3.31. The van der Waals surface area contributed by atoms with Gasteiger partial charge in [-0.25, -0.2) is 9.97 Å². The molecule has 170 valence electrons. The van der Waals surface area contributed by atoms with Crippen molar-refractivity contribution in [2.45, 2.75) is 18.8 Å². The topological polar surface area (TPSA) is 114 Å². The maximum atomic E-state index is 13.3. The van der Waals surface area contributed by atoms with Crippen LogP contribution in [0.3, 0.4) is 0 Å². The van der Waals surface area contributed by atoms with Crippen LogP contribution in [-0.2, 0) is 27.9 Å². The number of carbonyl (C=O) groups is 2. The number of methoxy groups -OCH3 is 2. The number of imidazole rings is 2. The van der Waals surface area contributed by atoms with E-state index in [1.807, 2.05) is 18.2 Å². The van der Waals surface area contributed by atoms with E-state index >= 15 is 0 Å². The minimum Gasteiger partial charge on any atom is -0.374 e. The second kappa shape index (κ2) is 11.0. The summed E-state index contributed by atoms with van der Waals surface area (Å²) in [4.78, 5) is 37.1. The molecule has 0 spiro atoms. The van der Waals surface area contributed by atoms with Crippen LogP contribution in [0.25, 0.3) is 0 Å². The van der Waals surface area contributed by atoms with Crippen molar-refractivity contribution >= 4 is 18.1 Å². The van der Waals surface area contributed by atoms with Crippen LogP contribution < -0.4 is 5.32 Å². The summed E-state index contributed by atoms with van der Waals surface area (Å²) in [5, 5.41) is 2.48. The number of H-pyrrole nitrogens is 1. The van der Waals surface area contributed by atoms with Gasteiger partial charge in [0.2, 0.25) is 6.41 Å². The van der Waals surface area contributed by atoms with Gasteiger partial charge in [0.15, 0.2) is 17.3 Å². The number of rotatable bonds is 8. The number of allylic oxidation sites excluding steroid dienone is 2. The Labute approximate surface area is 191 Å². The summed E-state index contributed by atoms with van der Waals surface area (Å²) in [5.41, 5.74) is 1.58. The Hall–Kier alpha value is -4.12. The van der Waals surface area contributed by atoms with Crippen molar-refractivity contribution in [1.29, 1.82) is 0 Å². The predicted molar refractivity (Wildman–Crippen MR) is 121 cm³/mol. The van der Waals surface area contributed by atoms with E-state index in [1.165, 1.54) is 15.8 Å². The van der Waals surface area contributed by atoms with Gasteiger partial charge < -0.3 is 29.2 Å². The average Bonchev–Trinajstić information content (AvgIpc) is 3.44. The summed E-state index contributed by atoms with van der Waals surface area (Å²) < 4.78 is 12.3. The van der Waals surface area contributed by atoms with Gasteiger partial charge in [-0.1, -0.05) is 17.9 Å². The van der Waals surface area contributed by atoms with Crippen molar-refractivity contribution in [2.24, 2.45) is 7.05 Å². The summed E-state index contributed by atoms with van der Waals surface area (Å²) in [6.07, 6.45) is 14.1. The number of hydrogen-bond acceptors (Lipinski definition) is 6. The van der Waals surface area contributed by atoms with Crippen LogP contribution >= 0.6 is 0 Å². The van der Waals surface area contributed by atoms with Crippen LogP contribution in [-0.4, -0.2) is 69.7 Å². The molecule has 0 saturated carbocycles. The Kier molecular flexibility index (Phi) is 7.82. The number of terminal acetylenes is 1. The van der Waals surface area contributed by atoms with E-state index in [9.17, 15) is 9.59 Å². The molecule has 2 aromatic rings. The molecule has 3 rings (SSSR count). The van der Waals surface area contributed by atoms with Crippen LogP contribution in [0.15, 0.2) is 36.3 Å². The van der Waals surface area contributed by atoms with E-state index in [0.717, 1.165) is 0 Å². The van der Waals surface area contributed by atoms with E-state index in [4.69, 9.17) is 15.9 Å². The first kappa shape index (κ1) is 23.5. The molecule has 0 aromatic carbocycles. The second-order valence-corrected chi connectivity index (χ2v) is 7.03. The van der Waals surface area contributed by atoms with E-state index in [2.05, 4.69) is 38.0 Å². The molecule has 0 radical (unpaired) electrons. The van der Waals surface area contributed by atoms with Gasteiger partial charge in [0.25, 0.3) is 5.91 Å². The van der Waals surface area contributed by atoms with Gasteiger partial charge in [0, 0.05) is 33.0 Å². The number of ether oxygens (including phenoxy) is 2. The molecule has 2 aromatic heterocycles. The zero-order chi connectivity index (χ0) is 23.8. The number of nitrogens with zero attached hydrogens (tertiary/aromatic N) is 4. The van der Waals surface area contributed by atoms with Crippen molar-refractivity contribution in [3.63, 3.8) is 0 Å². The molecule has 1 aliphatic rings. The molecule has 1 aliphatic carbocycles. The molecule has 2 unspecified atom stereocenters. The highest BCUT2D eigenvalue weighted by atomic mass is 16.5. The lowest BCUT2D eigenvalue weighted by Crippen LogP contribution is -2.33. The smallest absolute Gasteiger partial charge is 0.275 e. The largest absolute Gasteiger partial charge is 0.374 e. The fourth-order valence-electron chi connectivity index (χ4n) is 3.31. The molecular weight excluding hydrogens is 424 g/mol. The number of hydrogen-bond donors (Lipinski definition) is 2. The van der Waals surface area contributed by atoms with Gasteiger partial charge in [-0.15, -0.1) is 6.42 Å². The summed E-state index contributed by atoms with van der Waals surface area (Å²) in [6.45, 7) is 0.272. The highest BCUT2D eigenvalue weighted by Crippen LogP contribution is 2.20. The van der Waals surface area contributed by atoms with Crippen molar-refractivity contribution < 1.29 is 19.1 Å². The maximum absolute atomic E-state index is 13.3. The third kappa shape index (κ3) is 5.39. The molecule has 2 heterocycles. The molecule has 0 bridgehead atoms. The van der Waals surface area contributed by atoms with Crippen molar-refractivity contribution in [3.05, 3.63) is 53.5 Å². The third-order valence-corrected chi connectivity index (χ3v) is 4.97. The predicted octanol–water partition coefficient (Wildman–Crippen LogP) is 0.865. The van der Waals surface area contributed by atoms with E-state index in [1.54, 1.807) is 27.5 Å². The lowest BCUT2D eigenvalue weighted by Gasteiger charge is -2.22. The van der Waals surface area contributed by atoms with Crippen molar-refractivity contribution in [2.75, 3.05) is 26.1 Å². The summed E-state index contributed by atoms with van der Waals surface area (Å²) in [6, 6.07) is 0. The van der Waals surface area contributed by atoms with Gasteiger partial charge >= 0.3 is 0 Å². The maximum Gasteiger partial charge on any atom is 0.275 e. The number of carbonyl (C=O) groups excluding carboxylic acids is 2. The standard InChI is InChI=1S/C23H24N6O4/c1-5-10-29(13-17-12-24-14-25-17)23(31)21-22(26-15-30)27-20(28(21)2)9-7-16-6-8-18(32-3)19(11-16)33-4/h1,6,8,11-12,14-15,18-19H,10,13H2,2-4H3,(H,24,25)(H,26,30). The van der Waals surface area contributed by atoms with Crippen molar-refractivity contribution in [1.82, 2.24) is 24.4 Å². The van der Waals surface area contributed by atoms with E-state index in [0.29, 0.717) is 23.5 Å². The fraction of sp³-hybridized carbons (Fsp3) is 0.304. The Balaban J connectivity index is 1.93. The Morgan fingerprint density at radius 2 is 2.15 bits per heavy atom. The molecule has 0 aliphatic heterocycles. The van der Waals surface area contributed by atoms with Gasteiger partial charge in [-0.3, -0.25) is 9.59 Å². The average molecular weight is 448 g/mol. The molecule has 2 N–H and O–H groups in total. The minimum absolute atomic E-state index is 0.0569. The number of anilines is 1. The van der Waals surface area contributed by atoms with Crippen LogP contribution in [0.2, 0.25) is 0 Å². The first-order valence-corrected chi connectivity index (χ1v) is 9.96. The first-order valence-electron chi connectivity index (χ1n) is 9.96. The number of aromatic amines is 1. The Morgan fingerprint density at radius 1 is 1.36 bits per heavy atom. The van der Waals surface area contributed by atoms with Gasteiger partial charge in [-0.2, -0.15) is 0 Å². The van der Waals surface area contributed by atoms with Crippen molar-refractivity contribution in [3.8, 4) is 24.2 Å². The molecule has 2 atom stereocenters. The molecular formula is C23H24N6O4. The molecule has 33 heavy (non-hydrogen) atoms. The summed E-state index contributed by atoms with van der Waals surface area (Å²) in [7, 11) is 4.85. The molecule has 10 heteroatoms. The minimum atomic E-state index is -0.408. The monoisotopic (exact) mass is 448 g/mol. The zero-order valence-electron chi connectivity index (χ0n) is 18.5. The second-order valence-electron chi connectivity index (χ2n) is 7.03. The SMILES string of the molecule is C#CCN(Cc1cnc[nH]1)C(=O)c1c(NC=O)nc(C#CC2=CC(OC)C(OC)C=C2)n1C. The number of nitrogens with one attached hydrogen (secondary N) is 2. The summed E-state index contributed by atoms with van der Waals surface area (Å²) in [5.74, 6) is 8.43. The number of aromatic nitrogens is 4. The molecule has 10 nitrogen and oxygen atoms in total. The first-order chi connectivity index (χ1) is 16.0. The highest BCUT2D eigenvalue weighted by Gasteiger charge is 2.26. The van der Waals surface area contributed by atoms with Gasteiger partial charge in [0.05, 0.1) is 25.1 Å². The van der Waals surface area contributed by atoms with Crippen LogP contribution in [0, 0.1) is 24.2 Å². The van der Waals surface area contributed by atoms with Gasteiger partial charge in [-0.05, 0) is 18.1 Å². The van der Waals surface area contributed by atoms with Crippen LogP contribution in [0.5, 0.6) is 0 Å². The normalized spacial score (nSPS) is 16.8. The molecule has 2 amide bonds. The third-order valence-electron chi connectivity index (χ3n) is 4.97. The molecule has 0 saturated heterocycles. The Morgan fingerprint density at radius 3 is 2.79 bits per heavy atom. The lowest BCUT2D eigenvalue weighted by atomic mass is 10.0. The summed E-state index contributed by atoms with van der Waals surface area (Å²) >= 11 is 0. The van der Waals surface area contributed by atoms with Crippen LogP contribution in [0.1, 0.15) is 22.0 Å². The lowest BCUT2D eigenvalue weighted by molar-refractivity contribution is -0.105. The van der Waals surface area contributed by atoms with Gasteiger partial charge in [0.1, 0.15) is 12.2 Å². The van der Waals surface area contributed by atoms with Crippen LogP contribution in [0.4, 0.5) is 5.82 Å². The van der Waals surface area contributed by atoms with E-state index < -0.39 is 5.91 Å². The molecule has 0 fully saturated rings. The number of amides is 2.